The van der Waals surface area contributed by atoms with Crippen molar-refractivity contribution in [3.63, 3.8) is 0 Å². The second kappa shape index (κ2) is 5.11. The standard InChI is InChI=1S/C14H15N5/c15-9-12-8-13(19-6-2-1-3-7-19)18-14(17-12)11-4-5-16-10-11/h4-5,8,10,16H,1-3,6-7H2. The number of H-pyrrole nitrogens is 1. The summed E-state index contributed by atoms with van der Waals surface area (Å²) in [6, 6.07) is 5.81. The van der Waals surface area contributed by atoms with E-state index in [2.05, 4.69) is 25.9 Å². The molecule has 0 unspecified atom stereocenters. The molecule has 3 rings (SSSR count). The van der Waals surface area contributed by atoms with Gasteiger partial charge in [-0.25, -0.2) is 9.97 Å². The van der Waals surface area contributed by atoms with Gasteiger partial charge in [0.05, 0.1) is 0 Å². The molecule has 0 amide bonds. The molecule has 0 aromatic carbocycles. The summed E-state index contributed by atoms with van der Waals surface area (Å²) in [6.45, 7) is 2.02. The Balaban J connectivity index is 2.00. The predicted octanol–water partition coefficient (Wildman–Crippen LogP) is 2.33. The number of hydrogen-bond acceptors (Lipinski definition) is 4. The normalized spacial score (nSPS) is 15.2. The van der Waals surface area contributed by atoms with Crippen molar-refractivity contribution >= 4 is 5.82 Å². The summed E-state index contributed by atoms with van der Waals surface area (Å²) in [5.41, 5.74) is 1.34. The maximum absolute atomic E-state index is 9.12. The predicted molar refractivity (Wildman–Crippen MR) is 72.6 cm³/mol. The van der Waals surface area contributed by atoms with Gasteiger partial charge in [0.15, 0.2) is 5.82 Å². The minimum atomic E-state index is 0.423. The van der Waals surface area contributed by atoms with E-state index in [0.717, 1.165) is 24.5 Å². The van der Waals surface area contributed by atoms with Crippen LogP contribution in [-0.4, -0.2) is 28.0 Å². The highest BCUT2D eigenvalue weighted by Crippen LogP contribution is 2.22. The summed E-state index contributed by atoms with van der Waals surface area (Å²) < 4.78 is 0. The molecule has 1 saturated heterocycles. The molecule has 19 heavy (non-hydrogen) atoms. The summed E-state index contributed by atoms with van der Waals surface area (Å²) >= 11 is 0. The Hall–Kier alpha value is -2.35. The van der Waals surface area contributed by atoms with Crippen LogP contribution in [0.1, 0.15) is 25.0 Å². The Morgan fingerprint density at radius 1 is 1.21 bits per heavy atom. The second-order valence-electron chi connectivity index (χ2n) is 4.69. The molecule has 1 aliphatic rings. The molecule has 3 heterocycles. The summed E-state index contributed by atoms with van der Waals surface area (Å²) in [7, 11) is 0. The lowest BCUT2D eigenvalue weighted by Gasteiger charge is -2.27. The van der Waals surface area contributed by atoms with Gasteiger partial charge in [0.25, 0.3) is 0 Å². The first-order chi connectivity index (χ1) is 9.36. The van der Waals surface area contributed by atoms with Crippen LogP contribution < -0.4 is 4.90 Å². The molecule has 1 aliphatic heterocycles. The van der Waals surface area contributed by atoms with E-state index < -0.39 is 0 Å². The number of aromatic nitrogens is 3. The molecule has 0 aliphatic carbocycles. The maximum atomic E-state index is 9.12. The van der Waals surface area contributed by atoms with E-state index in [4.69, 9.17) is 5.26 Å². The fraction of sp³-hybridized carbons (Fsp3) is 0.357. The highest BCUT2D eigenvalue weighted by Gasteiger charge is 2.15. The first-order valence-corrected chi connectivity index (χ1v) is 6.54. The van der Waals surface area contributed by atoms with Crippen LogP contribution in [-0.2, 0) is 0 Å². The van der Waals surface area contributed by atoms with Crippen LogP contribution in [0.3, 0.4) is 0 Å². The summed E-state index contributed by atoms with van der Waals surface area (Å²) in [4.78, 5) is 14.1. The van der Waals surface area contributed by atoms with E-state index in [-0.39, 0.29) is 0 Å². The van der Waals surface area contributed by atoms with Crippen molar-refractivity contribution in [2.24, 2.45) is 0 Å². The van der Waals surface area contributed by atoms with Crippen molar-refractivity contribution in [3.8, 4) is 17.5 Å². The van der Waals surface area contributed by atoms with Crippen LogP contribution >= 0.6 is 0 Å². The SMILES string of the molecule is N#Cc1cc(N2CCCCC2)nc(-c2cc[nH]c2)n1. The van der Waals surface area contributed by atoms with Crippen molar-refractivity contribution in [1.29, 1.82) is 5.26 Å². The lowest BCUT2D eigenvalue weighted by Crippen LogP contribution is -2.30. The number of aromatic amines is 1. The smallest absolute Gasteiger partial charge is 0.164 e. The third-order valence-corrected chi connectivity index (χ3v) is 3.36. The molecular weight excluding hydrogens is 238 g/mol. The third-order valence-electron chi connectivity index (χ3n) is 3.36. The quantitative estimate of drug-likeness (QED) is 0.891. The molecule has 0 spiro atoms. The summed E-state index contributed by atoms with van der Waals surface area (Å²) in [6.07, 6.45) is 7.32. The van der Waals surface area contributed by atoms with Gasteiger partial charge in [-0.3, -0.25) is 0 Å². The number of rotatable bonds is 2. The van der Waals surface area contributed by atoms with Crippen LogP contribution in [0.4, 0.5) is 5.82 Å². The first-order valence-electron chi connectivity index (χ1n) is 6.54. The van der Waals surface area contributed by atoms with Crippen molar-refractivity contribution in [3.05, 3.63) is 30.2 Å². The average molecular weight is 253 g/mol. The third kappa shape index (κ3) is 2.43. The lowest BCUT2D eigenvalue weighted by atomic mass is 10.1. The molecule has 2 aromatic rings. The fourth-order valence-corrected chi connectivity index (χ4v) is 2.37. The number of nitriles is 1. The zero-order valence-corrected chi connectivity index (χ0v) is 10.6. The van der Waals surface area contributed by atoms with Crippen molar-refractivity contribution in [2.75, 3.05) is 18.0 Å². The maximum Gasteiger partial charge on any atom is 0.164 e. The first kappa shape index (κ1) is 11.7. The average Bonchev–Trinajstić information content (AvgIpc) is 3.02. The van der Waals surface area contributed by atoms with Gasteiger partial charge < -0.3 is 9.88 Å². The monoisotopic (exact) mass is 253 g/mol. The van der Waals surface area contributed by atoms with Gasteiger partial charge in [-0.1, -0.05) is 0 Å². The van der Waals surface area contributed by atoms with Crippen molar-refractivity contribution in [1.82, 2.24) is 15.0 Å². The van der Waals surface area contributed by atoms with Crippen LogP contribution in [0.25, 0.3) is 11.4 Å². The van der Waals surface area contributed by atoms with E-state index in [1.54, 1.807) is 6.07 Å². The van der Waals surface area contributed by atoms with Gasteiger partial charge in [0.1, 0.15) is 17.6 Å². The van der Waals surface area contributed by atoms with Crippen LogP contribution in [0.2, 0.25) is 0 Å². The van der Waals surface area contributed by atoms with E-state index in [1.807, 2.05) is 18.5 Å². The Labute approximate surface area is 111 Å². The number of hydrogen-bond donors (Lipinski definition) is 1. The minimum absolute atomic E-state index is 0.423. The van der Waals surface area contributed by atoms with E-state index in [1.165, 1.54) is 19.3 Å². The molecule has 5 nitrogen and oxygen atoms in total. The fourth-order valence-electron chi connectivity index (χ4n) is 2.37. The topological polar surface area (TPSA) is 68.6 Å². The van der Waals surface area contributed by atoms with E-state index in [9.17, 15) is 0 Å². The molecular formula is C14H15N5. The van der Waals surface area contributed by atoms with E-state index in [0.29, 0.717) is 11.5 Å². The number of piperidine rings is 1. The van der Waals surface area contributed by atoms with Gasteiger partial charge >= 0.3 is 0 Å². The molecule has 1 N–H and O–H groups in total. The summed E-state index contributed by atoms with van der Waals surface area (Å²) in [5.74, 6) is 1.48. The molecule has 1 fully saturated rings. The Kier molecular flexibility index (Phi) is 3.15. The van der Waals surface area contributed by atoms with Crippen molar-refractivity contribution < 1.29 is 0 Å². The highest BCUT2D eigenvalue weighted by molar-refractivity contribution is 5.58. The molecule has 2 aromatic heterocycles. The van der Waals surface area contributed by atoms with Crippen LogP contribution in [0.15, 0.2) is 24.5 Å². The van der Waals surface area contributed by atoms with Crippen LogP contribution in [0.5, 0.6) is 0 Å². The van der Waals surface area contributed by atoms with Gasteiger partial charge in [-0.2, -0.15) is 5.26 Å². The Morgan fingerprint density at radius 3 is 2.74 bits per heavy atom. The largest absolute Gasteiger partial charge is 0.367 e. The minimum Gasteiger partial charge on any atom is -0.367 e. The Morgan fingerprint density at radius 2 is 2.05 bits per heavy atom. The van der Waals surface area contributed by atoms with Gasteiger partial charge in [0, 0.05) is 37.1 Å². The van der Waals surface area contributed by atoms with Gasteiger partial charge in [0.2, 0.25) is 0 Å². The number of nitrogens with one attached hydrogen (secondary N) is 1. The molecule has 0 saturated carbocycles. The van der Waals surface area contributed by atoms with Crippen LogP contribution in [0, 0.1) is 11.3 Å². The number of nitrogens with zero attached hydrogens (tertiary/aromatic N) is 4. The zero-order valence-electron chi connectivity index (χ0n) is 10.6. The van der Waals surface area contributed by atoms with Gasteiger partial charge in [-0.15, -0.1) is 0 Å². The van der Waals surface area contributed by atoms with E-state index >= 15 is 0 Å². The molecule has 0 radical (unpaired) electrons. The Bertz CT molecular complexity index is 591. The molecule has 0 atom stereocenters. The molecule has 96 valence electrons. The molecule has 0 bridgehead atoms. The zero-order chi connectivity index (χ0) is 13.1. The molecule has 5 heteroatoms. The second-order valence-corrected chi connectivity index (χ2v) is 4.69. The number of anilines is 1. The summed E-state index contributed by atoms with van der Waals surface area (Å²) in [5, 5.41) is 9.12. The highest BCUT2D eigenvalue weighted by atomic mass is 15.2. The van der Waals surface area contributed by atoms with Crippen molar-refractivity contribution in [2.45, 2.75) is 19.3 Å². The van der Waals surface area contributed by atoms with Gasteiger partial charge in [-0.05, 0) is 25.3 Å². The lowest BCUT2D eigenvalue weighted by molar-refractivity contribution is 0.573.